The highest BCUT2D eigenvalue weighted by molar-refractivity contribution is 7.18. The SMILES string of the molecule is CCc1cc(NCC(C)c2nc3ccccc3s2)nc(C)n1. The Morgan fingerprint density at radius 3 is 2.77 bits per heavy atom. The lowest BCUT2D eigenvalue weighted by atomic mass is 10.2. The largest absolute Gasteiger partial charge is 0.369 e. The van der Waals surface area contributed by atoms with E-state index < -0.39 is 0 Å². The Morgan fingerprint density at radius 1 is 1.18 bits per heavy atom. The van der Waals surface area contributed by atoms with Crippen molar-refractivity contribution < 1.29 is 0 Å². The third-order valence-electron chi connectivity index (χ3n) is 3.57. The van der Waals surface area contributed by atoms with Crippen molar-refractivity contribution >= 4 is 27.4 Å². The lowest BCUT2D eigenvalue weighted by molar-refractivity contribution is 0.791. The fraction of sp³-hybridized carbons (Fsp3) is 0.353. The first-order chi connectivity index (χ1) is 10.7. The van der Waals surface area contributed by atoms with E-state index in [9.17, 15) is 0 Å². The van der Waals surface area contributed by atoms with E-state index in [4.69, 9.17) is 4.98 Å². The van der Waals surface area contributed by atoms with E-state index in [0.29, 0.717) is 5.92 Å². The van der Waals surface area contributed by atoms with Gasteiger partial charge in [0.15, 0.2) is 0 Å². The number of nitrogens with one attached hydrogen (secondary N) is 1. The second-order valence-corrected chi connectivity index (χ2v) is 6.51. The Kier molecular flexibility index (Phi) is 4.34. The molecular weight excluding hydrogens is 292 g/mol. The number of thiazole rings is 1. The second-order valence-electron chi connectivity index (χ2n) is 5.45. The van der Waals surface area contributed by atoms with Gasteiger partial charge in [-0.3, -0.25) is 0 Å². The highest BCUT2D eigenvalue weighted by atomic mass is 32.1. The van der Waals surface area contributed by atoms with Crippen molar-refractivity contribution in [2.24, 2.45) is 0 Å². The predicted octanol–water partition coefficient (Wildman–Crippen LogP) is 4.17. The van der Waals surface area contributed by atoms with Crippen molar-refractivity contribution in [3.8, 4) is 0 Å². The van der Waals surface area contributed by atoms with E-state index in [2.05, 4.69) is 47.3 Å². The van der Waals surface area contributed by atoms with Gasteiger partial charge < -0.3 is 5.32 Å². The molecule has 4 nitrogen and oxygen atoms in total. The molecule has 0 radical (unpaired) electrons. The third kappa shape index (κ3) is 3.25. The lowest BCUT2D eigenvalue weighted by Crippen LogP contribution is -2.12. The van der Waals surface area contributed by atoms with Crippen LogP contribution in [-0.4, -0.2) is 21.5 Å². The molecule has 0 saturated heterocycles. The van der Waals surface area contributed by atoms with Gasteiger partial charge >= 0.3 is 0 Å². The summed E-state index contributed by atoms with van der Waals surface area (Å²) in [4.78, 5) is 13.6. The van der Waals surface area contributed by atoms with E-state index in [-0.39, 0.29) is 0 Å². The van der Waals surface area contributed by atoms with Crippen molar-refractivity contribution in [2.75, 3.05) is 11.9 Å². The molecular formula is C17H20N4S. The number of fused-ring (bicyclic) bond motifs is 1. The van der Waals surface area contributed by atoms with Crippen molar-refractivity contribution in [3.05, 3.63) is 46.9 Å². The Bertz CT molecular complexity index is 748. The molecule has 2 heterocycles. The third-order valence-corrected chi connectivity index (χ3v) is 4.84. The van der Waals surface area contributed by atoms with E-state index >= 15 is 0 Å². The van der Waals surface area contributed by atoms with Gasteiger partial charge in [-0.15, -0.1) is 11.3 Å². The zero-order valence-corrected chi connectivity index (χ0v) is 13.9. The van der Waals surface area contributed by atoms with Crippen LogP contribution in [0.1, 0.15) is 36.3 Å². The summed E-state index contributed by atoms with van der Waals surface area (Å²) >= 11 is 1.77. The van der Waals surface area contributed by atoms with Crippen LogP contribution in [0, 0.1) is 6.92 Å². The molecule has 1 atom stereocenters. The molecule has 0 aliphatic heterocycles. The molecule has 0 aliphatic carbocycles. The summed E-state index contributed by atoms with van der Waals surface area (Å²) in [5.74, 6) is 2.06. The van der Waals surface area contributed by atoms with Gasteiger partial charge in [0.2, 0.25) is 0 Å². The Hall–Kier alpha value is -2.01. The van der Waals surface area contributed by atoms with E-state index in [1.807, 2.05) is 19.1 Å². The molecule has 0 bridgehead atoms. The van der Waals surface area contributed by atoms with Crippen LogP contribution in [0.3, 0.4) is 0 Å². The minimum atomic E-state index is 0.345. The minimum absolute atomic E-state index is 0.345. The van der Waals surface area contributed by atoms with Crippen LogP contribution in [0.15, 0.2) is 30.3 Å². The molecule has 1 unspecified atom stereocenters. The standard InChI is InChI=1S/C17H20N4S/c1-4-13-9-16(20-12(3)19-13)18-10-11(2)17-21-14-7-5-6-8-15(14)22-17/h5-9,11H,4,10H2,1-3H3,(H,18,19,20). The second kappa shape index (κ2) is 6.40. The number of anilines is 1. The normalized spacial score (nSPS) is 12.5. The Labute approximate surface area is 134 Å². The fourth-order valence-corrected chi connectivity index (χ4v) is 3.37. The molecule has 0 fully saturated rings. The molecule has 114 valence electrons. The number of hydrogen-bond acceptors (Lipinski definition) is 5. The first-order valence-corrected chi connectivity index (χ1v) is 8.41. The Balaban J connectivity index is 1.71. The number of aryl methyl sites for hydroxylation is 2. The average molecular weight is 312 g/mol. The van der Waals surface area contributed by atoms with E-state index in [0.717, 1.165) is 40.8 Å². The maximum Gasteiger partial charge on any atom is 0.129 e. The summed E-state index contributed by atoms with van der Waals surface area (Å²) in [7, 11) is 0. The van der Waals surface area contributed by atoms with Gasteiger partial charge in [0.1, 0.15) is 11.6 Å². The molecule has 5 heteroatoms. The number of para-hydroxylation sites is 1. The van der Waals surface area contributed by atoms with Crippen LogP contribution >= 0.6 is 11.3 Å². The fourth-order valence-electron chi connectivity index (χ4n) is 2.35. The van der Waals surface area contributed by atoms with Gasteiger partial charge in [0, 0.05) is 24.2 Å². The molecule has 1 aromatic carbocycles. The molecule has 0 saturated carbocycles. The van der Waals surface area contributed by atoms with Gasteiger partial charge in [-0.2, -0.15) is 0 Å². The molecule has 0 spiro atoms. The highest BCUT2D eigenvalue weighted by Gasteiger charge is 2.12. The zero-order valence-electron chi connectivity index (χ0n) is 13.1. The van der Waals surface area contributed by atoms with Gasteiger partial charge in [0.05, 0.1) is 15.2 Å². The number of aromatic nitrogens is 3. The van der Waals surface area contributed by atoms with Crippen LogP contribution < -0.4 is 5.32 Å². The van der Waals surface area contributed by atoms with Gasteiger partial charge in [-0.1, -0.05) is 26.0 Å². The first-order valence-electron chi connectivity index (χ1n) is 7.59. The molecule has 0 amide bonds. The molecule has 3 rings (SSSR count). The summed E-state index contributed by atoms with van der Waals surface area (Å²) in [6.45, 7) is 7.05. The monoisotopic (exact) mass is 312 g/mol. The van der Waals surface area contributed by atoms with Crippen molar-refractivity contribution in [2.45, 2.75) is 33.1 Å². The summed E-state index contributed by atoms with van der Waals surface area (Å²) in [5, 5.41) is 4.58. The Morgan fingerprint density at radius 2 is 2.00 bits per heavy atom. The quantitative estimate of drug-likeness (QED) is 0.768. The molecule has 2 aromatic heterocycles. The highest BCUT2D eigenvalue weighted by Crippen LogP contribution is 2.27. The smallest absolute Gasteiger partial charge is 0.129 e. The number of rotatable bonds is 5. The first kappa shape index (κ1) is 14.9. The van der Waals surface area contributed by atoms with Gasteiger partial charge in [-0.25, -0.2) is 15.0 Å². The van der Waals surface area contributed by atoms with Crippen molar-refractivity contribution in [1.82, 2.24) is 15.0 Å². The summed E-state index contributed by atoms with van der Waals surface area (Å²) in [5.41, 5.74) is 2.16. The maximum absolute atomic E-state index is 4.72. The van der Waals surface area contributed by atoms with E-state index in [1.54, 1.807) is 11.3 Å². The average Bonchev–Trinajstić information content (AvgIpc) is 2.96. The van der Waals surface area contributed by atoms with Crippen molar-refractivity contribution in [3.63, 3.8) is 0 Å². The van der Waals surface area contributed by atoms with Crippen LogP contribution in [0.2, 0.25) is 0 Å². The molecule has 3 aromatic rings. The number of hydrogen-bond donors (Lipinski definition) is 1. The molecule has 22 heavy (non-hydrogen) atoms. The maximum atomic E-state index is 4.72. The number of benzene rings is 1. The number of nitrogens with zero attached hydrogens (tertiary/aromatic N) is 3. The van der Waals surface area contributed by atoms with Crippen LogP contribution in [-0.2, 0) is 6.42 Å². The van der Waals surface area contributed by atoms with Gasteiger partial charge in [0.25, 0.3) is 0 Å². The van der Waals surface area contributed by atoms with Gasteiger partial charge in [-0.05, 0) is 25.5 Å². The van der Waals surface area contributed by atoms with Crippen LogP contribution in [0.5, 0.6) is 0 Å². The van der Waals surface area contributed by atoms with Crippen LogP contribution in [0.4, 0.5) is 5.82 Å². The summed E-state index contributed by atoms with van der Waals surface area (Å²) in [6.07, 6.45) is 0.922. The predicted molar refractivity (Wildman–Crippen MR) is 92.7 cm³/mol. The minimum Gasteiger partial charge on any atom is -0.369 e. The lowest BCUT2D eigenvalue weighted by Gasteiger charge is -2.11. The van der Waals surface area contributed by atoms with Crippen molar-refractivity contribution in [1.29, 1.82) is 0 Å². The molecule has 0 aliphatic rings. The summed E-state index contributed by atoms with van der Waals surface area (Å²) in [6, 6.07) is 10.3. The summed E-state index contributed by atoms with van der Waals surface area (Å²) < 4.78 is 1.25. The van der Waals surface area contributed by atoms with Crippen LogP contribution in [0.25, 0.3) is 10.2 Å². The molecule has 1 N–H and O–H groups in total. The zero-order chi connectivity index (χ0) is 15.5. The van der Waals surface area contributed by atoms with E-state index in [1.165, 1.54) is 4.70 Å². The topological polar surface area (TPSA) is 50.7 Å².